The molecule has 1 fully saturated rings. The van der Waals surface area contributed by atoms with Crippen LogP contribution in [0.2, 0.25) is 19.6 Å². The van der Waals surface area contributed by atoms with E-state index in [0.29, 0.717) is 16.9 Å². The van der Waals surface area contributed by atoms with Gasteiger partial charge in [-0.3, -0.25) is 4.79 Å². The van der Waals surface area contributed by atoms with Crippen molar-refractivity contribution >= 4 is 32.1 Å². The lowest BCUT2D eigenvalue weighted by atomic mass is 9.76. The van der Waals surface area contributed by atoms with Gasteiger partial charge in [0, 0.05) is 5.56 Å². The average molecular weight is 322 g/mol. The average Bonchev–Trinajstić information content (AvgIpc) is 2.56. The van der Waals surface area contributed by atoms with E-state index in [4.69, 9.17) is 9.31 Å². The summed E-state index contributed by atoms with van der Waals surface area (Å²) in [6.45, 7) is 13.9. The summed E-state index contributed by atoms with van der Waals surface area (Å²) in [5, 5.41) is 0.648. The van der Waals surface area contributed by atoms with E-state index in [0.717, 1.165) is 0 Å². The maximum absolute atomic E-state index is 14.8. The highest BCUT2D eigenvalue weighted by Crippen LogP contribution is 2.36. The van der Waals surface area contributed by atoms with Crippen LogP contribution in [0, 0.1) is 5.82 Å². The summed E-state index contributed by atoms with van der Waals surface area (Å²) < 4.78 is 26.6. The second-order valence-corrected chi connectivity index (χ2v) is 12.9. The fraction of sp³-hybridized carbons (Fsp3) is 0.562. The molecule has 0 radical (unpaired) electrons. The first-order chi connectivity index (χ1) is 9.90. The lowest BCUT2D eigenvalue weighted by Crippen LogP contribution is -2.45. The molecular weight excluding hydrogens is 298 g/mol. The van der Waals surface area contributed by atoms with E-state index in [1.54, 1.807) is 12.1 Å². The summed E-state index contributed by atoms with van der Waals surface area (Å²) >= 11 is 0. The third kappa shape index (κ3) is 2.79. The topological polar surface area (TPSA) is 35.5 Å². The van der Waals surface area contributed by atoms with Crippen LogP contribution in [0.1, 0.15) is 38.1 Å². The maximum Gasteiger partial charge on any atom is 0.495 e. The lowest BCUT2D eigenvalue weighted by Gasteiger charge is -2.32. The zero-order chi connectivity index (χ0) is 16.9. The number of hydrogen-bond donors (Lipinski definition) is 0. The minimum atomic E-state index is -1.86. The highest BCUT2D eigenvalue weighted by molar-refractivity contribution is 6.88. The van der Waals surface area contributed by atoms with E-state index in [-0.39, 0.29) is 5.56 Å². The molecule has 0 aromatic heterocycles. The quantitative estimate of drug-likeness (QED) is 0.633. The summed E-state index contributed by atoms with van der Waals surface area (Å²) in [7, 11) is -2.59. The van der Waals surface area contributed by atoms with Gasteiger partial charge in [0.1, 0.15) is 5.82 Å². The Bertz CT molecular complexity index is 592. The van der Waals surface area contributed by atoms with Gasteiger partial charge in [0.2, 0.25) is 0 Å². The lowest BCUT2D eigenvalue weighted by molar-refractivity contribution is 0.00578. The van der Waals surface area contributed by atoms with Gasteiger partial charge in [-0.25, -0.2) is 4.39 Å². The first-order valence-corrected chi connectivity index (χ1v) is 11.0. The number of aldehydes is 1. The monoisotopic (exact) mass is 322 g/mol. The zero-order valence-electron chi connectivity index (χ0n) is 14.4. The maximum atomic E-state index is 14.8. The van der Waals surface area contributed by atoms with Gasteiger partial charge in [-0.1, -0.05) is 31.8 Å². The Morgan fingerprint density at radius 1 is 1.09 bits per heavy atom. The zero-order valence-corrected chi connectivity index (χ0v) is 15.4. The Balaban J connectivity index is 2.51. The van der Waals surface area contributed by atoms with Gasteiger partial charge in [-0.2, -0.15) is 0 Å². The molecule has 1 aromatic carbocycles. The Labute approximate surface area is 133 Å². The molecule has 1 aliphatic heterocycles. The molecule has 0 saturated carbocycles. The van der Waals surface area contributed by atoms with Gasteiger partial charge < -0.3 is 9.31 Å². The number of carbonyl (C=O) groups is 1. The van der Waals surface area contributed by atoms with Crippen molar-refractivity contribution in [1.82, 2.24) is 0 Å². The van der Waals surface area contributed by atoms with Crippen LogP contribution in [0.4, 0.5) is 4.39 Å². The SMILES string of the molecule is CC1(C)OB(c2ccc([Si](C)(C)C)c(F)c2C=O)OC1(C)C. The number of carbonyl (C=O) groups excluding carboxylic acids is 1. The number of hydrogen-bond acceptors (Lipinski definition) is 3. The largest absolute Gasteiger partial charge is 0.495 e. The van der Waals surface area contributed by atoms with Crippen LogP contribution in [0.5, 0.6) is 0 Å². The molecule has 1 aliphatic rings. The number of benzene rings is 1. The molecule has 0 bridgehead atoms. The number of halogens is 1. The van der Waals surface area contributed by atoms with E-state index < -0.39 is 32.2 Å². The van der Waals surface area contributed by atoms with E-state index >= 15 is 0 Å². The number of rotatable bonds is 3. The van der Waals surface area contributed by atoms with E-state index in [1.165, 1.54) is 0 Å². The Morgan fingerprint density at radius 2 is 1.59 bits per heavy atom. The molecule has 2 rings (SSSR count). The first-order valence-electron chi connectivity index (χ1n) is 7.54. The van der Waals surface area contributed by atoms with E-state index in [9.17, 15) is 9.18 Å². The van der Waals surface area contributed by atoms with Crippen LogP contribution in [-0.4, -0.2) is 32.7 Å². The summed E-state index contributed by atoms with van der Waals surface area (Å²) in [4.78, 5) is 11.5. The van der Waals surface area contributed by atoms with Crippen molar-refractivity contribution in [1.29, 1.82) is 0 Å². The smallest absolute Gasteiger partial charge is 0.399 e. The van der Waals surface area contributed by atoms with Crippen molar-refractivity contribution < 1.29 is 18.5 Å². The molecule has 22 heavy (non-hydrogen) atoms. The normalized spacial score (nSPS) is 20.3. The molecule has 0 spiro atoms. The molecule has 6 heteroatoms. The van der Waals surface area contributed by atoms with Crippen molar-refractivity contribution in [2.24, 2.45) is 0 Å². The summed E-state index contributed by atoms with van der Waals surface area (Å²) in [5.74, 6) is -0.429. The summed E-state index contributed by atoms with van der Waals surface area (Å²) in [6.07, 6.45) is 0.569. The van der Waals surface area contributed by atoms with Gasteiger partial charge in [0.05, 0.1) is 19.3 Å². The van der Waals surface area contributed by atoms with Gasteiger partial charge in [-0.05, 0) is 38.3 Å². The van der Waals surface area contributed by atoms with Gasteiger partial charge >= 0.3 is 7.12 Å². The summed E-state index contributed by atoms with van der Waals surface area (Å²) in [5.41, 5.74) is -0.524. The van der Waals surface area contributed by atoms with Gasteiger partial charge in [-0.15, -0.1) is 0 Å². The fourth-order valence-corrected chi connectivity index (χ4v) is 3.86. The fourth-order valence-electron chi connectivity index (χ4n) is 2.48. The Kier molecular flexibility index (Phi) is 4.17. The molecule has 0 N–H and O–H groups in total. The highest BCUT2D eigenvalue weighted by Gasteiger charge is 2.52. The van der Waals surface area contributed by atoms with Gasteiger partial charge in [0.15, 0.2) is 6.29 Å². The summed E-state index contributed by atoms with van der Waals surface area (Å²) in [6, 6.07) is 3.54. The van der Waals surface area contributed by atoms with Crippen LogP contribution in [-0.2, 0) is 9.31 Å². The van der Waals surface area contributed by atoms with E-state index in [1.807, 2.05) is 27.7 Å². The third-order valence-corrected chi connectivity index (χ3v) is 6.65. The van der Waals surface area contributed by atoms with Crippen molar-refractivity contribution in [3.63, 3.8) is 0 Å². The highest BCUT2D eigenvalue weighted by atomic mass is 28.3. The molecule has 3 nitrogen and oxygen atoms in total. The Hall–Kier alpha value is -0.978. The molecule has 0 atom stereocenters. The molecule has 0 aliphatic carbocycles. The van der Waals surface area contributed by atoms with Crippen LogP contribution >= 0.6 is 0 Å². The Morgan fingerprint density at radius 3 is 2.00 bits per heavy atom. The minimum absolute atomic E-state index is 0.0541. The second-order valence-electron chi connectivity index (χ2n) is 7.89. The molecular formula is C16H24BFO3Si. The van der Waals surface area contributed by atoms with Crippen LogP contribution < -0.4 is 10.6 Å². The predicted molar refractivity (Wildman–Crippen MR) is 90.5 cm³/mol. The second kappa shape index (κ2) is 5.29. The van der Waals surface area contributed by atoms with Crippen molar-refractivity contribution in [3.8, 4) is 0 Å². The van der Waals surface area contributed by atoms with Crippen molar-refractivity contribution in [2.75, 3.05) is 0 Å². The predicted octanol–water partition coefficient (Wildman–Crippen LogP) is 2.48. The van der Waals surface area contributed by atoms with Crippen LogP contribution in [0.3, 0.4) is 0 Å². The molecule has 0 unspecified atom stereocenters. The third-order valence-electron chi connectivity index (χ3n) is 4.65. The van der Waals surface area contributed by atoms with Crippen molar-refractivity contribution in [2.45, 2.75) is 58.5 Å². The molecule has 1 aromatic rings. The minimum Gasteiger partial charge on any atom is -0.399 e. The van der Waals surface area contributed by atoms with E-state index in [2.05, 4.69) is 19.6 Å². The standard InChI is InChI=1S/C16H24BFO3Si/c1-15(2)16(3,4)21-17(20-15)12-8-9-13(22(5,6)7)14(18)11(12)10-19/h8-10H,1-7H3. The van der Waals surface area contributed by atoms with Crippen molar-refractivity contribution in [3.05, 3.63) is 23.5 Å². The molecule has 1 heterocycles. The van der Waals surface area contributed by atoms with Gasteiger partial charge in [0.25, 0.3) is 0 Å². The molecule has 120 valence electrons. The first kappa shape index (κ1) is 17.4. The van der Waals surface area contributed by atoms with Crippen LogP contribution in [0.15, 0.2) is 12.1 Å². The van der Waals surface area contributed by atoms with Crippen LogP contribution in [0.25, 0.3) is 0 Å². The molecule has 0 amide bonds. The molecule has 1 saturated heterocycles.